The molecule has 28 heavy (non-hydrogen) atoms. The Morgan fingerprint density at radius 3 is 2.54 bits per heavy atom. The summed E-state index contributed by atoms with van der Waals surface area (Å²) in [5.41, 5.74) is 1.15. The van der Waals surface area contributed by atoms with E-state index in [2.05, 4.69) is 10.8 Å². The predicted octanol–water partition coefficient (Wildman–Crippen LogP) is 4.52. The number of rotatable bonds is 8. The third-order valence-corrected chi connectivity index (χ3v) is 4.39. The molecule has 0 bridgehead atoms. The highest BCUT2D eigenvalue weighted by Crippen LogP contribution is 2.28. The van der Waals surface area contributed by atoms with Gasteiger partial charge in [0.25, 0.3) is 5.91 Å². The van der Waals surface area contributed by atoms with Gasteiger partial charge in [-0.2, -0.15) is 0 Å². The summed E-state index contributed by atoms with van der Waals surface area (Å²) in [6.45, 7) is 3.68. The number of aliphatic hydroxyl groups excluding tert-OH is 1. The van der Waals surface area contributed by atoms with Crippen molar-refractivity contribution < 1.29 is 27.9 Å². The zero-order chi connectivity index (χ0) is 20.8. The molecule has 0 aliphatic heterocycles. The van der Waals surface area contributed by atoms with E-state index in [1.807, 2.05) is 36.4 Å². The number of hydroxylamine groups is 1. The molecule has 3 N–H and O–H groups in total. The third-order valence-electron chi connectivity index (χ3n) is 3.71. The highest BCUT2D eigenvalue weighted by Gasteiger charge is 2.20. The Kier molecular flexibility index (Phi) is 8.08. The number of hydrogen-bond donors (Lipinski definition) is 3. The van der Waals surface area contributed by atoms with E-state index < -0.39 is 35.2 Å². The summed E-state index contributed by atoms with van der Waals surface area (Å²) in [5, 5.41) is 12.2. The second-order valence-electron chi connectivity index (χ2n) is 6.56. The van der Waals surface area contributed by atoms with Gasteiger partial charge in [0.2, 0.25) is 0 Å². The van der Waals surface area contributed by atoms with Gasteiger partial charge in [0, 0.05) is 3.57 Å². The summed E-state index contributed by atoms with van der Waals surface area (Å²) in [7, 11) is 0. The van der Waals surface area contributed by atoms with Crippen LogP contribution in [0.25, 0.3) is 0 Å². The molecule has 0 fully saturated rings. The maximum absolute atomic E-state index is 14.3. The van der Waals surface area contributed by atoms with E-state index in [-0.39, 0.29) is 23.8 Å². The highest BCUT2D eigenvalue weighted by atomic mass is 127. The fraction of sp³-hybridized carbons (Fsp3) is 0.316. The molecule has 2 aromatic rings. The normalized spacial score (nSPS) is 12.1. The van der Waals surface area contributed by atoms with Crippen LogP contribution in [0.2, 0.25) is 0 Å². The van der Waals surface area contributed by atoms with Crippen LogP contribution in [0.4, 0.5) is 24.5 Å². The predicted molar refractivity (Wildman–Crippen MR) is 108 cm³/mol. The minimum atomic E-state index is -1.33. The average Bonchev–Trinajstić information content (AvgIpc) is 2.60. The first-order valence-corrected chi connectivity index (χ1v) is 9.57. The zero-order valence-electron chi connectivity index (χ0n) is 15.2. The SMILES string of the molecule is CC(C)CC(O)CONC(=O)c1ccc(F)c(F)c1Nc1ccc(I)cc1F. The molecule has 0 saturated heterocycles. The van der Waals surface area contributed by atoms with Crippen LogP contribution in [0.3, 0.4) is 0 Å². The first-order chi connectivity index (χ1) is 13.2. The smallest absolute Gasteiger partial charge is 0.277 e. The first kappa shape index (κ1) is 22.4. The van der Waals surface area contributed by atoms with Crippen molar-refractivity contribution in [2.24, 2.45) is 5.92 Å². The lowest BCUT2D eigenvalue weighted by atomic mass is 10.1. The number of halogens is 4. The van der Waals surface area contributed by atoms with Gasteiger partial charge in [-0.25, -0.2) is 18.7 Å². The van der Waals surface area contributed by atoms with Crippen LogP contribution in [0.5, 0.6) is 0 Å². The number of hydrogen-bond acceptors (Lipinski definition) is 4. The van der Waals surface area contributed by atoms with Crippen LogP contribution in [-0.4, -0.2) is 23.7 Å². The Morgan fingerprint density at radius 2 is 1.89 bits per heavy atom. The fourth-order valence-corrected chi connectivity index (χ4v) is 2.91. The van der Waals surface area contributed by atoms with E-state index in [1.54, 1.807) is 6.07 Å². The van der Waals surface area contributed by atoms with Gasteiger partial charge < -0.3 is 10.4 Å². The van der Waals surface area contributed by atoms with Gasteiger partial charge in [0.05, 0.1) is 23.0 Å². The molecular weight excluding hydrogens is 488 g/mol. The Hall–Kier alpha value is -1.85. The lowest BCUT2D eigenvalue weighted by molar-refractivity contribution is -0.0181. The average molecular weight is 508 g/mol. The summed E-state index contributed by atoms with van der Waals surface area (Å²) >= 11 is 1.91. The van der Waals surface area contributed by atoms with Gasteiger partial charge in [-0.3, -0.25) is 9.63 Å². The molecule has 0 aliphatic rings. The molecule has 1 atom stereocenters. The maximum atomic E-state index is 14.3. The van der Waals surface area contributed by atoms with E-state index in [9.17, 15) is 23.1 Å². The van der Waals surface area contributed by atoms with Crippen molar-refractivity contribution in [3.8, 4) is 0 Å². The lowest BCUT2D eigenvalue weighted by Gasteiger charge is -2.16. The van der Waals surface area contributed by atoms with Crippen LogP contribution in [0, 0.1) is 26.9 Å². The topological polar surface area (TPSA) is 70.6 Å². The van der Waals surface area contributed by atoms with Crippen molar-refractivity contribution in [3.63, 3.8) is 0 Å². The van der Waals surface area contributed by atoms with Gasteiger partial charge >= 0.3 is 0 Å². The highest BCUT2D eigenvalue weighted by molar-refractivity contribution is 14.1. The number of carbonyl (C=O) groups is 1. The van der Waals surface area contributed by atoms with E-state index in [4.69, 9.17) is 4.84 Å². The molecule has 0 saturated carbocycles. The molecule has 0 aliphatic carbocycles. The third kappa shape index (κ3) is 6.08. The van der Waals surface area contributed by atoms with Crippen molar-refractivity contribution in [2.45, 2.75) is 26.4 Å². The molecule has 0 radical (unpaired) electrons. The van der Waals surface area contributed by atoms with Gasteiger partial charge in [-0.05, 0) is 65.3 Å². The van der Waals surface area contributed by atoms with Crippen LogP contribution < -0.4 is 10.8 Å². The Morgan fingerprint density at radius 1 is 1.18 bits per heavy atom. The fourth-order valence-electron chi connectivity index (χ4n) is 2.46. The second kappa shape index (κ2) is 10.1. The molecule has 0 heterocycles. The van der Waals surface area contributed by atoms with Crippen molar-refractivity contribution in [1.29, 1.82) is 0 Å². The quantitative estimate of drug-likeness (QED) is 0.363. The van der Waals surface area contributed by atoms with E-state index in [1.165, 1.54) is 12.1 Å². The van der Waals surface area contributed by atoms with Crippen LogP contribution in [0.1, 0.15) is 30.6 Å². The summed E-state index contributed by atoms with van der Waals surface area (Å²) < 4.78 is 42.6. The minimum Gasteiger partial charge on any atom is -0.391 e. The van der Waals surface area contributed by atoms with E-state index in [0.717, 1.165) is 12.1 Å². The first-order valence-electron chi connectivity index (χ1n) is 8.49. The molecule has 1 unspecified atom stereocenters. The number of benzene rings is 2. The molecule has 0 spiro atoms. The molecule has 9 heteroatoms. The summed E-state index contributed by atoms with van der Waals surface area (Å²) in [6.07, 6.45) is -0.316. The largest absolute Gasteiger partial charge is 0.391 e. The monoisotopic (exact) mass is 508 g/mol. The maximum Gasteiger partial charge on any atom is 0.277 e. The van der Waals surface area contributed by atoms with Crippen LogP contribution >= 0.6 is 22.6 Å². The molecule has 2 aromatic carbocycles. The van der Waals surface area contributed by atoms with Crippen LogP contribution in [0.15, 0.2) is 30.3 Å². The summed E-state index contributed by atoms with van der Waals surface area (Å²) in [5.74, 6) is -3.84. The number of nitrogens with one attached hydrogen (secondary N) is 2. The second-order valence-corrected chi connectivity index (χ2v) is 7.80. The van der Waals surface area contributed by atoms with Gasteiger partial charge in [-0.15, -0.1) is 0 Å². The van der Waals surface area contributed by atoms with E-state index in [0.29, 0.717) is 9.99 Å². The Balaban J connectivity index is 2.18. The standard InChI is InChI=1S/C19H20F3IN2O3/c1-10(2)7-12(26)9-28-25-19(27)13-4-5-14(20)17(22)18(13)24-16-6-3-11(23)8-15(16)21/h3-6,8,10,12,24,26H,7,9H2,1-2H3,(H,25,27). The van der Waals surface area contributed by atoms with Crippen molar-refractivity contribution in [3.05, 3.63) is 56.9 Å². The van der Waals surface area contributed by atoms with Gasteiger partial charge in [-0.1, -0.05) is 13.8 Å². The Bertz CT molecular complexity index is 849. The number of aliphatic hydroxyl groups is 1. The zero-order valence-corrected chi connectivity index (χ0v) is 17.4. The number of amides is 1. The van der Waals surface area contributed by atoms with E-state index >= 15 is 0 Å². The molecule has 0 aromatic heterocycles. The molecular formula is C19H20F3IN2O3. The van der Waals surface area contributed by atoms with Crippen molar-refractivity contribution in [1.82, 2.24) is 5.48 Å². The Labute approximate surface area is 174 Å². The molecule has 5 nitrogen and oxygen atoms in total. The molecule has 152 valence electrons. The van der Waals surface area contributed by atoms with Gasteiger partial charge in [0.1, 0.15) is 12.4 Å². The lowest BCUT2D eigenvalue weighted by Crippen LogP contribution is -2.29. The van der Waals surface area contributed by atoms with Crippen molar-refractivity contribution >= 4 is 39.9 Å². The van der Waals surface area contributed by atoms with Crippen LogP contribution in [-0.2, 0) is 4.84 Å². The summed E-state index contributed by atoms with van der Waals surface area (Å²) in [6, 6.07) is 5.96. The number of anilines is 2. The minimum absolute atomic E-state index is 0.118. The van der Waals surface area contributed by atoms with Crippen molar-refractivity contribution in [2.75, 3.05) is 11.9 Å². The molecule has 1 amide bonds. The summed E-state index contributed by atoms with van der Waals surface area (Å²) in [4.78, 5) is 17.3. The number of carbonyl (C=O) groups excluding carboxylic acids is 1. The molecule has 2 rings (SSSR count). The van der Waals surface area contributed by atoms with Gasteiger partial charge in [0.15, 0.2) is 11.6 Å².